The van der Waals surface area contributed by atoms with Crippen molar-refractivity contribution in [3.63, 3.8) is 0 Å². The first kappa shape index (κ1) is 19.3. The van der Waals surface area contributed by atoms with Gasteiger partial charge in [0.2, 0.25) is 5.91 Å². The minimum absolute atomic E-state index is 0.0113. The van der Waals surface area contributed by atoms with Crippen molar-refractivity contribution in [1.29, 1.82) is 0 Å². The Kier molecular flexibility index (Phi) is 5.71. The number of amides is 2. The number of aromatic hydroxyl groups is 1. The van der Waals surface area contributed by atoms with Crippen molar-refractivity contribution in [3.05, 3.63) is 72.3 Å². The molecular formula is C23H22N2O3S. The molecule has 0 saturated carbocycles. The summed E-state index contributed by atoms with van der Waals surface area (Å²) in [5.74, 6) is 0.257. The maximum atomic E-state index is 12.6. The highest BCUT2D eigenvalue weighted by molar-refractivity contribution is 8.00. The molecule has 0 atom stereocenters. The van der Waals surface area contributed by atoms with E-state index in [0.29, 0.717) is 37.5 Å². The summed E-state index contributed by atoms with van der Waals surface area (Å²) in [7, 11) is 0. The molecule has 0 aromatic heterocycles. The third-order valence-electron chi connectivity index (χ3n) is 5.14. The van der Waals surface area contributed by atoms with Crippen molar-refractivity contribution in [3.8, 4) is 5.75 Å². The summed E-state index contributed by atoms with van der Waals surface area (Å²) in [5.41, 5.74) is 0.305. The van der Waals surface area contributed by atoms with Gasteiger partial charge in [0.05, 0.1) is 11.3 Å². The lowest BCUT2D eigenvalue weighted by Gasteiger charge is -2.34. The molecule has 3 aromatic carbocycles. The summed E-state index contributed by atoms with van der Waals surface area (Å²) in [5, 5.41) is 12.2. The Labute approximate surface area is 173 Å². The van der Waals surface area contributed by atoms with Gasteiger partial charge in [-0.1, -0.05) is 42.5 Å². The zero-order valence-corrected chi connectivity index (χ0v) is 16.8. The van der Waals surface area contributed by atoms with Gasteiger partial charge in [-0.05, 0) is 35.0 Å². The summed E-state index contributed by atoms with van der Waals surface area (Å²) in [6, 6.07) is 21.0. The Bertz CT molecular complexity index is 1040. The van der Waals surface area contributed by atoms with E-state index in [4.69, 9.17) is 0 Å². The second kappa shape index (κ2) is 8.57. The van der Waals surface area contributed by atoms with Gasteiger partial charge in [-0.2, -0.15) is 0 Å². The summed E-state index contributed by atoms with van der Waals surface area (Å²) < 4.78 is 0. The van der Waals surface area contributed by atoms with Crippen LogP contribution in [0.1, 0.15) is 10.4 Å². The van der Waals surface area contributed by atoms with Gasteiger partial charge in [0.15, 0.2) is 0 Å². The smallest absolute Gasteiger partial charge is 0.257 e. The van der Waals surface area contributed by atoms with Crippen molar-refractivity contribution in [2.45, 2.75) is 4.90 Å². The Morgan fingerprint density at radius 3 is 2.24 bits per heavy atom. The molecule has 0 unspecified atom stereocenters. The zero-order valence-electron chi connectivity index (χ0n) is 16.0. The SMILES string of the molecule is O=C(CSc1ccc2ccccc2c1)N1CCN(C(=O)c2ccccc2O)CC1. The Morgan fingerprint density at radius 1 is 0.828 bits per heavy atom. The monoisotopic (exact) mass is 406 g/mol. The molecule has 29 heavy (non-hydrogen) atoms. The van der Waals surface area contributed by atoms with Crippen molar-refractivity contribution >= 4 is 34.3 Å². The largest absolute Gasteiger partial charge is 0.507 e. The molecule has 1 fully saturated rings. The summed E-state index contributed by atoms with van der Waals surface area (Å²) in [6.45, 7) is 1.96. The topological polar surface area (TPSA) is 60.9 Å². The number of carbonyl (C=O) groups excluding carboxylic acids is 2. The summed E-state index contributed by atoms with van der Waals surface area (Å²) in [6.07, 6.45) is 0. The average Bonchev–Trinajstić information content (AvgIpc) is 2.77. The summed E-state index contributed by atoms with van der Waals surface area (Å²) >= 11 is 1.54. The lowest BCUT2D eigenvalue weighted by Crippen LogP contribution is -2.51. The molecule has 1 heterocycles. The maximum absolute atomic E-state index is 12.6. The molecule has 1 N–H and O–H groups in total. The van der Waals surface area contributed by atoms with Crippen LogP contribution in [0.15, 0.2) is 71.6 Å². The minimum Gasteiger partial charge on any atom is -0.507 e. The van der Waals surface area contributed by atoms with Crippen LogP contribution in [-0.2, 0) is 4.79 Å². The lowest BCUT2D eigenvalue weighted by atomic mass is 10.1. The fourth-order valence-electron chi connectivity index (χ4n) is 3.48. The van der Waals surface area contributed by atoms with Crippen LogP contribution in [0.4, 0.5) is 0 Å². The molecule has 148 valence electrons. The van der Waals surface area contributed by atoms with Crippen LogP contribution in [-0.4, -0.2) is 58.7 Å². The number of piperazine rings is 1. The zero-order chi connectivity index (χ0) is 20.2. The fraction of sp³-hybridized carbons (Fsp3) is 0.217. The van der Waals surface area contributed by atoms with Gasteiger partial charge in [-0.25, -0.2) is 0 Å². The molecule has 1 saturated heterocycles. The highest BCUT2D eigenvalue weighted by Gasteiger charge is 2.25. The Morgan fingerprint density at radius 2 is 1.48 bits per heavy atom. The molecule has 3 aromatic rings. The van der Waals surface area contributed by atoms with E-state index in [-0.39, 0.29) is 17.6 Å². The van der Waals surface area contributed by atoms with Crippen LogP contribution < -0.4 is 0 Å². The van der Waals surface area contributed by atoms with Gasteiger partial charge >= 0.3 is 0 Å². The number of hydrogen-bond acceptors (Lipinski definition) is 4. The van der Waals surface area contributed by atoms with Crippen LogP contribution >= 0.6 is 11.8 Å². The first-order valence-corrected chi connectivity index (χ1v) is 10.6. The maximum Gasteiger partial charge on any atom is 0.257 e. The van der Waals surface area contributed by atoms with E-state index >= 15 is 0 Å². The summed E-state index contributed by atoms with van der Waals surface area (Å²) in [4.78, 5) is 29.7. The van der Waals surface area contributed by atoms with Gasteiger partial charge < -0.3 is 14.9 Å². The third kappa shape index (κ3) is 4.38. The van der Waals surface area contributed by atoms with Gasteiger partial charge in [-0.3, -0.25) is 9.59 Å². The number of rotatable bonds is 4. The quantitative estimate of drug-likeness (QED) is 0.673. The first-order valence-electron chi connectivity index (χ1n) is 9.58. The number of phenolic OH excluding ortho intramolecular Hbond substituents is 1. The van der Waals surface area contributed by atoms with Crippen molar-refractivity contribution in [2.24, 2.45) is 0 Å². The molecule has 1 aliphatic rings. The number of fused-ring (bicyclic) bond motifs is 1. The van der Waals surface area contributed by atoms with E-state index in [9.17, 15) is 14.7 Å². The normalized spacial score (nSPS) is 14.2. The molecule has 6 heteroatoms. The minimum atomic E-state index is -0.194. The number of thioether (sulfide) groups is 1. The van der Waals surface area contributed by atoms with E-state index in [2.05, 4.69) is 24.3 Å². The molecule has 2 amide bonds. The standard InChI is InChI=1S/C23H22N2O3S/c26-21-8-4-3-7-20(21)23(28)25-13-11-24(12-14-25)22(27)16-29-19-10-9-17-5-1-2-6-18(17)15-19/h1-10,15,26H,11-14,16H2. The number of benzene rings is 3. The van der Waals surface area contributed by atoms with E-state index in [1.165, 1.54) is 28.6 Å². The van der Waals surface area contributed by atoms with Crippen LogP contribution in [0.5, 0.6) is 5.75 Å². The van der Waals surface area contributed by atoms with Crippen LogP contribution in [0.2, 0.25) is 0 Å². The van der Waals surface area contributed by atoms with Crippen LogP contribution in [0.25, 0.3) is 10.8 Å². The molecule has 5 nitrogen and oxygen atoms in total. The number of nitrogens with zero attached hydrogens (tertiary/aromatic N) is 2. The van der Waals surface area contributed by atoms with Gasteiger partial charge in [-0.15, -0.1) is 11.8 Å². The number of carbonyl (C=O) groups is 2. The average molecular weight is 407 g/mol. The van der Waals surface area contributed by atoms with Crippen molar-refractivity contribution in [1.82, 2.24) is 9.80 Å². The van der Waals surface area contributed by atoms with E-state index in [0.717, 1.165) is 4.90 Å². The fourth-order valence-corrected chi connectivity index (χ4v) is 4.32. The van der Waals surface area contributed by atoms with Gasteiger partial charge in [0, 0.05) is 31.1 Å². The lowest BCUT2D eigenvalue weighted by molar-refractivity contribution is -0.129. The van der Waals surface area contributed by atoms with E-state index in [1.54, 1.807) is 23.1 Å². The molecule has 4 rings (SSSR count). The predicted octanol–water partition coefficient (Wildman–Crippen LogP) is 3.62. The van der Waals surface area contributed by atoms with E-state index < -0.39 is 0 Å². The predicted molar refractivity (Wildman–Crippen MR) is 115 cm³/mol. The van der Waals surface area contributed by atoms with Gasteiger partial charge in [0.25, 0.3) is 5.91 Å². The van der Waals surface area contributed by atoms with Crippen LogP contribution in [0, 0.1) is 0 Å². The number of hydrogen-bond donors (Lipinski definition) is 1. The molecule has 1 aliphatic heterocycles. The Hall–Kier alpha value is -2.99. The Balaban J connectivity index is 1.30. The van der Waals surface area contributed by atoms with Gasteiger partial charge in [0.1, 0.15) is 5.75 Å². The molecular weight excluding hydrogens is 384 g/mol. The molecule has 0 aliphatic carbocycles. The third-order valence-corrected chi connectivity index (χ3v) is 6.12. The highest BCUT2D eigenvalue weighted by Crippen LogP contribution is 2.24. The second-order valence-corrected chi connectivity index (χ2v) is 8.04. The second-order valence-electron chi connectivity index (χ2n) is 6.99. The van der Waals surface area contributed by atoms with Crippen molar-refractivity contribution < 1.29 is 14.7 Å². The molecule has 0 radical (unpaired) electrons. The number of para-hydroxylation sites is 1. The number of phenols is 1. The molecule has 0 spiro atoms. The van der Waals surface area contributed by atoms with E-state index in [1.807, 2.05) is 23.1 Å². The van der Waals surface area contributed by atoms with Crippen molar-refractivity contribution in [2.75, 3.05) is 31.9 Å². The molecule has 0 bridgehead atoms. The van der Waals surface area contributed by atoms with Crippen LogP contribution in [0.3, 0.4) is 0 Å². The first-order chi connectivity index (χ1) is 14.1. The highest BCUT2D eigenvalue weighted by atomic mass is 32.2.